The van der Waals surface area contributed by atoms with E-state index >= 15 is 0 Å². The fourth-order valence-corrected chi connectivity index (χ4v) is 1.32. The van der Waals surface area contributed by atoms with Crippen LogP contribution < -0.4 is 0 Å². The normalized spacial score (nSPS) is 9.50. The third-order valence-corrected chi connectivity index (χ3v) is 2.28. The number of hydrogen-bond acceptors (Lipinski definition) is 2. The summed E-state index contributed by atoms with van der Waals surface area (Å²) in [6, 6.07) is 9.95. The van der Waals surface area contributed by atoms with Crippen LogP contribution in [0.2, 0.25) is 0 Å². The van der Waals surface area contributed by atoms with Gasteiger partial charge in [-0.05, 0) is 12.2 Å². The Labute approximate surface area is 130 Å². The SMILES string of the molecule is Cn1c(-c2ccccc2)n[nH]c1=S.[K]. The Balaban J connectivity index is 0.000000980. The Morgan fingerprint density at radius 1 is 1.29 bits per heavy atom. The maximum Gasteiger partial charge on any atom is 0.195 e. The van der Waals surface area contributed by atoms with Crippen molar-refractivity contribution >= 4 is 63.6 Å². The number of aromatic amines is 1. The standard InChI is InChI=1S/C9H9N3S.K/c1-12-8(10-11-9(12)13)7-5-3-2-4-6-7;/h2-6H,1H3,(H,11,13);. The second-order valence-electron chi connectivity index (χ2n) is 2.78. The number of nitrogens with one attached hydrogen (secondary N) is 1. The summed E-state index contributed by atoms with van der Waals surface area (Å²) >= 11 is 5.02. The zero-order valence-corrected chi connectivity index (χ0v) is 12.1. The van der Waals surface area contributed by atoms with Crippen LogP contribution in [-0.2, 0) is 7.05 Å². The predicted molar refractivity (Wildman–Crippen MR) is 59.6 cm³/mol. The van der Waals surface area contributed by atoms with E-state index in [9.17, 15) is 0 Å². The molecular weight excluding hydrogens is 221 g/mol. The van der Waals surface area contributed by atoms with Gasteiger partial charge < -0.3 is 4.57 Å². The van der Waals surface area contributed by atoms with Crippen LogP contribution in [0.4, 0.5) is 0 Å². The Hall–Kier alpha value is 0.216. The minimum Gasteiger partial charge on any atom is -0.303 e. The number of H-pyrrole nitrogens is 1. The molecule has 1 aromatic carbocycles. The van der Waals surface area contributed by atoms with Gasteiger partial charge >= 0.3 is 0 Å². The molecule has 67 valence electrons. The Kier molecular flexibility index (Phi) is 4.69. The van der Waals surface area contributed by atoms with Crippen LogP contribution in [0.1, 0.15) is 0 Å². The molecule has 0 saturated carbocycles. The zero-order valence-electron chi connectivity index (χ0n) is 8.19. The van der Waals surface area contributed by atoms with Gasteiger partial charge in [0.05, 0.1) is 0 Å². The fraction of sp³-hybridized carbons (Fsp3) is 0.111. The van der Waals surface area contributed by atoms with E-state index in [4.69, 9.17) is 12.2 Å². The Morgan fingerprint density at radius 2 is 1.93 bits per heavy atom. The van der Waals surface area contributed by atoms with Crippen LogP contribution in [0.3, 0.4) is 0 Å². The van der Waals surface area contributed by atoms with Crippen molar-refractivity contribution in [1.29, 1.82) is 0 Å². The minimum atomic E-state index is 0. The number of nitrogens with zero attached hydrogens (tertiary/aromatic N) is 2. The molecule has 0 spiro atoms. The molecule has 2 rings (SSSR count). The number of aromatic nitrogens is 3. The van der Waals surface area contributed by atoms with E-state index in [0.717, 1.165) is 11.4 Å². The van der Waals surface area contributed by atoms with E-state index in [-0.39, 0.29) is 51.4 Å². The third kappa shape index (κ3) is 2.42. The van der Waals surface area contributed by atoms with Crippen LogP contribution in [0, 0.1) is 4.77 Å². The van der Waals surface area contributed by atoms with Gasteiger partial charge in [-0.3, -0.25) is 5.10 Å². The van der Waals surface area contributed by atoms with E-state index in [1.54, 1.807) is 0 Å². The summed E-state index contributed by atoms with van der Waals surface area (Å²) in [5.74, 6) is 0.866. The summed E-state index contributed by atoms with van der Waals surface area (Å²) < 4.78 is 2.49. The summed E-state index contributed by atoms with van der Waals surface area (Å²) in [4.78, 5) is 0. The first-order chi connectivity index (χ1) is 6.29. The molecule has 1 N–H and O–H groups in total. The van der Waals surface area contributed by atoms with Crippen LogP contribution in [0.15, 0.2) is 30.3 Å². The molecule has 0 saturated heterocycles. The van der Waals surface area contributed by atoms with Gasteiger partial charge in [0.1, 0.15) is 0 Å². The molecular formula is C9H9KN3S. The quantitative estimate of drug-likeness (QED) is 0.598. The van der Waals surface area contributed by atoms with Gasteiger partial charge in [-0.15, -0.1) is 0 Å². The molecule has 1 radical (unpaired) electrons. The first-order valence-corrected chi connectivity index (χ1v) is 4.36. The van der Waals surface area contributed by atoms with Crippen molar-refractivity contribution in [3.05, 3.63) is 35.1 Å². The summed E-state index contributed by atoms with van der Waals surface area (Å²) in [5.41, 5.74) is 1.07. The average molecular weight is 230 g/mol. The predicted octanol–water partition coefficient (Wildman–Crippen LogP) is 1.76. The van der Waals surface area contributed by atoms with E-state index in [2.05, 4.69) is 10.2 Å². The molecule has 5 heteroatoms. The van der Waals surface area contributed by atoms with Gasteiger partial charge in [-0.25, -0.2) is 0 Å². The topological polar surface area (TPSA) is 33.6 Å². The molecule has 1 heterocycles. The Bertz CT molecular complexity index is 460. The van der Waals surface area contributed by atoms with Crippen molar-refractivity contribution < 1.29 is 0 Å². The molecule has 14 heavy (non-hydrogen) atoms. The van der Waals surface area contributed by atoms with Crippen molar-refractivity contribution in [2.24, 2.45) is 7.05 Å². The summed E-state index contributed by atoms with van der Waals surface area (Å²) in [7, 11) is 1.90. The van der Waals surface area contributed by atoms with Gasteiger partial charge in [0.15, 0.2) is 10.6 Å². The molecule has 0 unspecified atom stereocenters. The van der Waals surface area contributed by atoms with Gasteiger partial charge in [-0.2, -0.15) is 5.10 Å². The summed E-state index contributed by atoms with van der Waals surface area (Å²) in [6.45, 7) is 0. The fourth-order valence-electron chi connectivity index (χ4n) is 1.19. The van der Waals surface area contributed by atoms with Crippen molar-refractivity contribution in [3.8, 4) is 11.4 Å². The maximum atomic E-state index is 5.02. The van der Waals surface area contributed by atoms with Crippen LogP contribution in [-0.4, -0.2) is 66.1 Å². The molecule has 3 nitrogen and oxygen atoms in total. The molecule has 0 bridgehead atoms. The first kappa shape index (κ1) is 12.3. The third-order valence-electron chi connectivity index (χ3n) is 1.91. The second-order valence-corrected chi connectivity index (χ2v) is 3.16. The number of rotatable bonds is 1. The second kappa shape index (κ2) is 5.34. The van der Waals surface area contributed by atoms with Crippen LogP contribution in [0.25, 0.3) is 11.4 Å². The first-order valence-electron chi connectivity index (χ1n) is 3.96. The van der Waals surface area contributed by atoms with Crippen molar-refractivity contribution in [2.45, 2.75) is 0 Å². The number of hydrogen-bond donors (Lipinski definition) is 1. The van der Waals surface area contributed by atoms with Crippen molar-refractivity contribution in [3.63, 3.8) is 0 Å². The Morgan fingerprint density at radius 3 is 2.43 bits per heavy atom. The van der Waals surface area contributed by atoms with Gasteiger partial charge in [0.2, 0.25) is 0 Å². The van der Waals surface area contributed by atoms with Crippen LogP contribution in [0.5, 0.6) is 0 Å². The molecule has 0 amide bonds. The zero-order chi connectivity index (χ0) is 9.26. The monoisotopic (exact) mass is 230 g/mol. The molecule has 0 aliphatic rings. The maximum absolute atomic E-state index is 5.02. The van der Waals surface area contributed by atoms with Gasteiger partial charge in [-0.1, -0.05) is 30.3 Å². The molecule has 0 fully saturated rings. The molecule has 0 atom stereocenters. The van der Waals surface area contributed by atoms with Crippen LogP contribution >= 0.6 is 12.2 Å². The van der Waals surface area contributed by atoms with Crippen molar-refractivity contribution in [1.82, 2.24) is 14.8 Å². The smallest absolute Gasteiger partial charge is 0.195 e. The summed E-state index contributed by atoms with van der Waals surface area (Å²) in [5, 5.41) is 6.88. The minimum absolute atomic E-state index is 0. The van der Waals surface area contributed by atoms with Gasteiger partial charge in [0, 0.05) is 64.0 Å². The van der Waals surface area contributed by atoms with E-state index in [0.29, 0.717) is 4.77 Å². The molecule has 0 aliphatic heterocycles. The van der Waals surface area contributed by atoms with E-state index in [1.165, 1.54) is 0 Å². The largest absolute Gasteiger partial charge is 0.303 e. The molecule has 2 aromatic rings. The molecule has 0 aliphatic carbocycles. The van der Waals surface area contributed by atoms with E-state index < -0.39 is 0 Å². The van der Waals surface area contributed by atoms with E-state index in [1.807, 2.05) is 41.9 Å². The molecule has 1 aromatic heterocycles. The average Bonchev–Trinajstić information content (AvgIpc) is 2.49. The summed E-state index contributed by atoms with van der Waals surface area (Å²) in [6.07, 6.45) is 0. The van der Waals surface area contributed by atoms with Crippen molar-refractivity contribution in [2.75, 3.05) is 0 Å². The van der Waals surface area contributed by atoms with Gasteiger partial charge in [0.25, 0.3) is 0 Å². The number of benzene rings is 1.